The van der Waals surface area contributed by atoms with Crippen LogP contribution in [0.3, 0.4) is 0 Å². The Labute approximate surface area is 105 Å². The van der Waals surface area contributed by atoms with Crippen LogP contribution in [0.2, 0.25) is 0 Å². The molecular formula is C11H11BrF4O. The predicted octanol–water partition coefficient (Wildman–Crippen LogP) is 3.91. The third-order valence-electron chi connectivity index (χ3n) is 2.38. The Bertz CT molecular complexity index is 373. The normalized spacial score (nSPS) is 16.6. The maximum atomic E-state index is 13.2. The Hall–Kier alpha value is -0.620. The Morgan fingerprint density at radius 2 is 1.59 bits per heavy atom. The van der Waals surface area contributed by atoms with Crippen LogP contribution in [0.15, 0.2) is 30.3 Å². The number of halogens is 5. The first-order valence-electron chi connectivity index (χ1n) is 4.79. The second-order valence-electron chi connectivity index (χ2n) is 4.02. The van der Waals surface area contributed by atoms with Crippen molar-refractivity contribution in [1.29, 1.82) is 0 Å². The minimum absolute atomic E-state index is 0.163. The van der Waals surface area contributed by atoms with E-state index in [1.54, 1.807) is 22.0 Å². The molecule has 0 bridgehead atoms. The van der Waals surface area contributed by atoms with Gasteiger partial charge >= 0.3 is 10.8 Å². The standard InChI is InChI=1S/C11H11BrF4O/c1-9(17,8-5-3-2-4-6-8)7-10(13,14)11(12,15)16/h2-6,17H,7H2,1H3. The minimum atomic E-state index is -4.35. The van der Waals surface area contributed by atoms with Crippen molar-refractivity contribution >= 4 is 15.9 Å². The molecule has 6 heteroatoms. The summed E-state index contributed by atoms with van der Waals surface area (Å²) in [5.74, 6) is -4.34. The van der Waals surface area contributed by atoms with E-state index < -0.39 is 22.8 Å². The Morgan fingerprint density at radius 3 is 2.00 bits per heavy atom. The van der Waals surface area contributed by atoms with Crippen molar-refractivity contribution in [2.45, 2.75) is 29.7 Å². The molecule has 0 amide bonds. The van der Waals surface area contributed by atoms with E-state index in [1.807, 2.05) is 0 Å². The maximum absolute atomic E-state index is 13.2. The molecule has 1 atom stereocenters. The fourth-order valence-corrected chi connectivity index (χ4v) is 1.57. The number of aliphatic hydroxyl groups is 1. The third-order valence-corrected chi connectivity index (χ3v) is 2.96. The van der Waals surface area contributed by atoms with Crippen molar-refractivity contribution in [2.75, 3.05) is 0 Å². The number of hydrogen-bond acceptors (Lipinski definition) is 1. The quantitative estimate of drug-likeness (QED) is 0.660. The highest BCUT2D eigenvalue weighted by molar-refractivity contribution is 9.10. The molecule has 0 aliphatic rings. The van der Waals surface area contributed by atoms with Crippen molar-refractivity contribution in [1.82, 2.24) is 0 Å². The molecule has 1 N–H and O–H groups in total. The van der Waals surface area contributed by atoms with Crippen LogP contribution in [-0.2, 0) is 5.60 Å². The van der Waals surface area contributed by atoms with E-state index in [9.17, 15) is 22.7 Å². The highest BCUT2D eigenvalue weighted by Gasteiger charge is 2.57. The van der Waals surface area contributed by atoms with E-state index in [4.69, 9.17) is 0 Å². The van der Waals surface area contributed by atoms with E-state index >= 15 is 0 Å². The van der Waals surface area contributed by atoms with Crippen LogP contribution in [0.5, 0.6) is 0 Å². The first kappa shape index (κ1) is 14.4. The molecule has 0 saturated heterocycles. The van der Waals surface area contributed by atoms with Crippen LogP contribution in [0.4, 0.5) is 17.6 Å². The molecule has 1 aromatic carbocycles. The summed E-state index contributed by atoms with van der Waals surface area (Å²) >= 11 is 1.63. The molecular weight excluding hydrogens is 304 g/mol. The van der Waals surface area contributed by atoms with Crippen molar-refractivity contribution in [3.8, 4) is 0 Å². The van der Waals surface area contributed by atoms with E-state index in [0.29, 0.717) is 0 Å². The van der Waals surface area contributed by atoms with Gasteiger partial charge in [-0.3, -0.25) is 0 Å². The molecule has 0 aliphatic carbocycles. The molecule has 0 saturated carbocycles. The molecule has 96 valence electrons. The number of alkyl halides is 5. The first-order chi connectivity index (χ1) is 7.56. The zero-order valence-corrected chi connectivity index (χ0v) is 10.5. The fourth-order valence-electron chi connectivity index (χ4n) is 1.43. The third kappa shape index (κ3) is 3.42. The predicted molar refractivity (Wildman–Crippen MR) is 59.5 cm³/mol. The summed E-state index contributed by atoms with van der Waals surface area (Å²) in [6, 6.07) is 7.52. The molecule has 17 heavy (non-hydrogen) atoms. The smallest absolute Gasteiger partial charge is 0.363 e. The van der Waals surface area contributed by atoms with Crippen molar-refractivity contribution in [3.05, 3.63) is 35.9 Å². The average molecular weight is 315 g/mol. The van der Waals surface area contributed by atoms with Gasteiger partial charge in [0.25, 0.3) is 0 Å². The summed E-state index contributed by atoms with van der Waals surface area (Å²) in [7, 11) is 0. The zero-order valence-electron chi connectivity index (χ0n) is 8.93. The number of benzene rings is 1. The molecule has 0 aromatic heterocycles. The van der Waals surface area contributed by atoms with E-state index in [1.165, 1.54) is 24.3 Å². The largest absolute Gasteiger partial charge is 0.385 e. The lowest BCUT2D eigenvalue weighted by Crippen LogP contribution is -2.41. The highest BCUT2D eigenvalue weighted by atomic mass is 79.9. The van der Waals surface area contributed by atoms with Gasteiger partial charge in [0.05, 0.1) is 12.0 Å². The lowest BCUT2D eigenvalue weighted by Gasteiger charge is -2.30. The fraction of sp³-hybridized carbons (Fsp3) is 0.455. The topological polar surface area (TPSA) is 20.2 Å². The molecule has 0 radical (unpaired) electrons. The van der Waals surface area contributed by atoms with Gasteiger partial charge in [-0.1, -0.05) is 30.3 Å². The molecule has 0 fully saturated rings. The lowest BCUT2D eigenvalue weighted by molar-refractivity contribution is -0.181. The molecule has 0 spiro atoms. The lowest BCUT2D eigenvalue weighted by atomic mass is 9.90. The molecule has 1 nitrogen and oxygen atoms in total. The van der Waals surface area contributed by atoms with Crippen LogP contribution in [0, 0.1) is 0 Å². The van der Waals surface area contributed by atoms with Gasteiger partial charge in [0, 0.05) is 0 Å². The first-order valence-corrected chi connectivity index (χ1v) is 5.58. The summed E-state index contributed by atoms with van der Waals surface area (Å²) in [4.78, 5) is -4.35. The zero-order chi connectivity index (χ0) is 13.3. The van der Waals surface area contributed by atoms with Crippen LogP contribution >= 0.6 is 15.9 Å². The van der Waals surface area contributed by atoms with Gasteiger partial charge in [0.1, 0.15) is 0 Å². The Kier molecular flexibility index (Phi) is 3.88. The number of rotatable bonds is 4. The Morgan fingerprint density at radius 1 is 1.12 bits per heavy atom. The van der Waals surface area contributed by atoms with Crippen LogP contribution in [0.25, 0.3) is 0 Å². The van der Waals surface area contributed by atoms with E-state index in [-0.39, 0.29) is 5.56 Å². The molecule has 1 aromatic rings. The van der Waals surface area contributed by atoms with Crippen LogP contribution in [-0.4, -0.2) is 15.9 Å². The Balaban J connectivity index is 2.95. The second kappa shape index (κ2) is 4.57. The highest BCUT2D eigenvalue weighted by Crippen LogP contribution is 2.46. The SMILES string of the molecule is CC(O)(CC(F)(F)C(F)(F)Br)c1ccccc1. The van der Waals surface area contributed by atoms with Gasteiger partial charge in [-0.15, -0.1) is 0 Å². The van der Waals surface area contributed by atoms with Crippen molar-refractivity contribution < 1.29 is 22.7 Å². The van der Waals surface area contributed by atoms with E-state index in [0.717, 1.165) is 6.92 Å². The van der Waals surface area contributed by atoms with Gasteiger partial charge in [0.15, 0.2) is 0 Å². The molecule has 0 heterocycles. The summed E-state index contributed by atoms with van der Waals surface area (Å²) in [5.41, 5.74) is -1.86. The summed E-state index contributed by atoms with van der Waals surface area (Å²) in [5, 5.41) is 9.85. The maximum Gasteiger partial charge on any atom is 0.363 e. The van der Waals surface area contributed by atoms with Crippen molar-refractivity contribution in [3.63, 3.8) is 0 Å². The van der Waals surface area contributed by atoms with Crippen molar-refractivity contribution in [2.24, 2.45) is 0 Å². The average Bonchev–Trinajstić information content (AvgIpc) is 2.15. The van der Waals surface area contributed by atoms with Gasteiger partial charge in [-0.05, 0) is 28.4 Å². The van der Waals surface area contributed by atoms with Gasteiger partial charge in [0.2, 0.25) is 0 Å². The second-order valence-corrected chi connectivity index (χ2v) is 5.01. The van der Waals surface area contributed by atoms with Crippen LogP contribution < -0.4 is 0 Å². The molecule has 0 aliphatic heterocycles. The number of hydrogen-bond donors (Lipinski definition) is 1. The van der Waals surface area contributed by atoms with Gasteiger partial charge in [-0.25, -0.2) is 0 Å². The molecule has 1 rings (SSSR count). The van der Waals surface area contributed by atoms with E-state index in [2.05, 4.69) is 0 Å². The summed E-state index contributed by atoms with van der Waals surface area (Å²) < 4.78 is 51.5. The monoisotopic (exact) mass is 314 g/mol. The van der Waals surface area contributed by atoms with Gasteiger partial charge < -0.3 is 5.11 Å². The molecule has 1 unspecified atom stereocenters. The van der Waals surface area contributed by atoms with Gasteiger partial charge in [-0.2, -0.15) is 17.6 Å². The summed E-state index contributed by atoms with van der Waals surface area (Å²) in [6.07, 6.45) is -1.37. The minimum Gasteiger partial charge on any atom is -0.385 e. The van der Waals surface area contributed by atoms with Crippen LogP contribution in [0.1, 0.15) is 18.9 Å². The summed E-state index contributed by atoms with van der Waals surface area (Å²) in [6.45, 7) is 1.08.